The second-order valence-corrected chi connectivity index (χ2v) is 3.93. The third-order valence-corrected chi connectivity index (χ3v) is 2.90. The van der Waals surface area contributed by atoms with Crippen molar-refractivity contribution in [2.24, 2.45) is 0 Å². The third kappa shape index (κ3) is 1.84. The summed E-state index contributed by atoms with van der Waals surface area (Å²) in [6, 6.07) is 5.53. The lowest BCUT2D eigenvalue weighted by Gasteiger charge is -2.14. The third-order valence-electron chi connectivity index (χ3n) is 2.90. The fourth-order valence-corrected chi connectivity index (χ4v) is 2.01. The van der Waals surface area contributed by atoms with Crippen LogP contribution in [0.5, 0.6) is 0 Å². The van der Waals surface area contributed by atoms with Gasteiger partial charge in [-0.2, -0.15) is 0 Å². The van der Waals surface area contributed by atoms with Crippen molar-refractivity contribution in [3.8, 4) is 0 Å². The summed E-state index contributed by atoms with van der Waals surface area (Å²) in [5, 5.41) is 0. The number of fused-ring (bicyclic) bond motifs is 1. The molecule has 2 rings (SSSR count). The largest absolute Gasteiger partial charge is 0.294 e. The zero-order chi connectivity index (χ0) is 10.8. The van der Waals surface area contributed by atoms with E-state index in [2.05, 4.69) is 0 Å². The molecule has 0 heterocycles. The lowest BCUT2D eigenvalue weighted by molar-refractivity contribution is 0.0972. The first kappa shape index (κ1) is 10.1. The van der Waals surface area contributed by atoms with Crippen molar-refractivity contribution in [3.63, 3.8) is 0 Å². The second-order valence-electron chi connectivity index (χ2n) is 3.93. The predicted molar refractivity (Wildman–Crippen MR) is 58.3 cm³/mol. The fourth-order valence-electron chi connectivity index (χ4n) is 2.01. The Bertz CT molecular complexity index is 419. The summed E-state index contributed by atoms with van der Waals surface area (Å²) in [6.45, 7) is 1.84. The van der Waals surface area contributed by atoms with Crippen molar-refractivity contribution < 1.29 is 9.59 Å². The molecular weight excluding hydrogens is 188 g/mol. The molecule has 1 aliphatic carbocycles. The van der Waals surface area contributed by atoms with Gasteiger partial charge in [0.25, 0.3) is 0 Å². The molecule has 0 saturated heterocycles. The van der Waals surface area contributed by atoms with Crippen LogP contribution in [0.1, 0.15) is 52.5 Å². The number of ketones is 2. The number of hydrogen-bond acceptors (Lipinski definition) is 2. The van der Waals surface area contributed by atoms with Gasteiger partial charge in [-0.3, -0.25) is 9.59 Å². The number of aryl methyl sites for hydroxylation is 1. The van der Waals surface area contributed by atoms with Crippen LogP contribution in [-0.4, -0.2) is 11.6 Å². The number of benzene rings is 1. The van der Waals surface area contributed by atoms with Gasteiger partial charge >= 0.3 is 0 Å². The van der Waals surface area contributed by atoms with Gasteiger partial charge < -0.3 is 0 Å². The second kappa shape index (κ2) is 3.97. The van der Waals surface area contributed by atoms with Gasteiger partial charge in [-0.15, -0.1) is 0 Å². The Kier molecular flexibility index (Phi) is 2.67. The van der Waals surface area contributed by atoms with E-state index in [9.17, 15) is 9.59 Å². The Hall–Kier alpha value is -1.44. The van der Waals surface area contributed by atoms with Gasteiger partial charge in [-0.1, -0.05) is 19.1 Å². The lowest BCUT2D eigenvalue weighted by Crippen LogP contribution is -2.12. The van der Waals surface area contributed by atoms with E-state index in [1.165, 1.54) is 0 Å². The van der Waals surface area contributed by atoms with Crippen LogP contribution >= 0.6 is 0 Å². The molecule has 1 aromatic rings. The van der Waals surface area contributed by atoms with Gasteiger partial charge in [-0.05, 0) is 24.5 Å². The highest BCUT2D eigenvalue weighted by Crippen LogP contribution is 2.22. The highest BCUT2D eigenvalue weighted by molar-refractivity contribution is 6.02. The zero-order valence-electron chi connectivity index (χ0n) is 8.88. The molecule has 0 N–H and O–H groups in total. The predicted octanol–water partition coefficient (Wildman–Crippen LogP) is 2.80. The topological polar surface area (TPSA) is 34.1 Å². The molecule has 2 nitrogen and oxygen atoms in total. The van der Waals surface area contributed by atoms with Gasteiger partial charge in [0.1, 0.15) is 0 Å². The minimum atomic E-state index is 0.108. The van der Waals surface area contributed by atoms with E-state index in [1.54, 1.807) is 6.07 Å². The quantitative estimate of drug-likeness (QED) is 0.691. The van der Waals surface area contributed by atoms with E-state index in [0.29, 0.717) is 18.4 Å². The standard InChI is InChI=1S/C13H14O2/c1-2-12(14)10-7-6-9-4-3-5-13(15)11(9)8-10/h6-8H,2-5H2,1H3. The SMILES string of the molecule is CCC(=O)c1ccc2c(c1)C(=O)CCC2. The van der Waals surface area contributed by atoms with Gasteiger partial charge in [0.15, 0.2) is 11.6 Å². The van der Waals surface area contributed by atoms with Crippen LogP contribution < -0.4 is 0 Å². The Labute approximate surface area is 89.3 Å². The summed E-state index contributed by atoms with van der Waals surface area (Å²) < 4.78 is 0. The van der Waals surface area contributed by atoms with Crippen molar-refractivity contribution in [2.75, 3.05) is 0 Å². The van der Waals surface area contributed by atoms with Gasteiger partial charge in [0.2, 0.25) is 0 Å². The van der Waals surface area contributed by atoms with E-state index >= 15 is 0 Å². The smallest absolute Gasteiger partial charge is 0.163 e. The molecule has 0 aromatic heterocycles. The van der Waals surface area contributed by atoms with Crippen molar-refractivity contribution in [1.82, 2.24) is 0 Å². The highest BCUT2D eigenvalue weighted by Gasteiger charge is 2.18. The maximum Gasteiger partial charge on any atom is 0.163 e. The lowest BCUT2D eigenvalue weighted by atomic mass is 9.88. The molecule has 78 valence electrons. The van der Waals surface area contributed by atoms with E-state index in [1.807, 2.05) is 19.1 Å². The summed E-state index contributed by atoms with van der Waals surface area (Å²) in [5.41, 5.74) is 2.53. The Morgan fingerprint density at radius 2 is 2.13 bits per heavy atom. The van der Waals surface area contributed by atoms with Gasteiger partial charge in [0.05, 0.1) is 0 Å². The molecular formula is C13H14O2. The average molecular weight is 202 g/mol. The van der Waals surface area contributed by atoms with Crippen LogP contribution in [-0.2, 0) is 6.42 Å². The van der Waals surface area contributed by atoms with Gasteiger partial charge in [-0.25, -0.2) is 0 Å². The molecule has 0 fully saturated rings. The Morgan fingerprint density at radius 3 is 2.87 bits per heavy atom. The number of carbonyl (C=O) groups excluding carboxylic acids is 2. The van der Waals surface area contributed by atoms with E-state index < -0.39 is 0 Å². The van der Waals surface area contributed by atoms with Crippen molar-refractivity contribution >= 4 is 11.6 Å². The number of hydrogen-bond donors (Lipinski definition) is 0. The zero-order valence-corrected chi connectivity index (χ0v) is 8.88. The molecule has 15 heavy (non-hydrogen) atoms. The van der Waals surface area contributed by atoms with Crippen LogP contribution in [0.15, 0.2) is 18.2 Å². The summed E-state index contributed by atoms with van der Waals surface area (Å²) in [4.78, 5) is 23.1. The van der Waals surface area contributed by atoms with E-state index in [0.717, 1.165) is 24.0 Å². The van der Waals surface area contributed by atoms with Crippen LogP contribution in [0.3, 0.4) is 0 Å². The first-order chi connectivity index (χ1) is 7.22. The van der Waals surface area contributed by atoms with Crippen LogP contribution in [0, 0.1) is 0 Å². The molecule has 0 radical (unpaired) electrons. The van der Waals surface area contributed by atoms with Crippen LogP contribution in [0.2, 0.25) is 0 Å². The normalized spacial score (nSPS) is 14.9. The molecule has 0 aliphatic heterocycles. The first-order valence-corrected chi connectivity index (χ1v) is 5.41. The molecule has 0 spiro atoms. The molecule has 1 aliphatic rings. The minimum absolute atomic E-state index is 0.108. The minimum Gasteiger partial charge on any atom is -0.294 e. The summed E-state index contributed by atoms with van der Waals surface area (Å²) in [5.74, 6) is 0.290. The maximum absolute atomic E-state index is 11.6. The first-order valence-electron chi connectivity index (χ1n) is 5.41. The number of carbonyl (C=O) groups is 2. The number of Topliss-reactive ketones (excluding diaryl/α,β-unsaturated/α-hetero) is 2. The summed E-state index contributed by atoms with van der Waals surface area (Å²) >= 11 is 0. The van der Waals surface area contributed by atoms with E-state index in [-0.39, 0.29) is 11.6 Å². The maximum atomic E-state index is 11.6. The van der Waals surface area contributed by atoms with Crippen molar-refractivity contribution in [1.29, 1.82) is 0 Å². The van der Waals surface area contributed by atoms with Crippen LogP contribution in [0.25, 0.3) is 0 Å². The monoisotopic (exact) mass is 202 g/mol. The van der Waals surface area contributed by atoms with Crippen molar-refractivity contribution in [3.05, 3.63) is 34.9 Å². The average Bonchev–Trinajstić information content (AvgIpc) is 2.28. The highest BCUT2D eigenvalue weighted by atomic mass is 16.1. The molecule has 0 atom stereocenters. The summed E-state index contributed by atoms with van der Waals surface area (Å²) in [6.07, 6.45) is 3.01. The molecule has 0 bridgehead atoms. The van der Waals surface area contributed by atoms with Crippen LogP contribution in [0.4, 0.5) is 0 Å². The Morgan fingerprint density at radius 1 is 1.33 bits per heavy atom. The molecule has 0 saturated carbocycles. The summed E-state index contributed by atoms with van der Waals surface area (Å²) in [7, 11) is 0. The fraction of sp³-hybridized carbons (Fsp3) is 0.385. The molecule has 1 aromatic carbocycles. The molecule has 0 amide bonds. The van der Waals surface area contributed by atoms with E-state index in [4.69, 9.17) is 0 Å². The number of rotatable bonds is 2. The van der Waals surface area contributed by atoms with Crippen molar-refractivity contribution in [2.45, 2.75) is 32.6 Å². The molecule has 2 heteroatoms. The Balaban J connectivity index is 2.44. The molecule has 0 unspecified atom stereocenters. The van der Waals surface area contributed by atoms with Gasteiger partial charge in [0, 0.05) is 24.0 Å².